The molecule has 1 heterocycles. The van der Waals surface area contributed by atoms with Crippen LogP contribution in [0, 0.1) is 0 Å². The lowest BCUT2D eigenvalue weighted by Gasteiger charge is -2.16. The van der Waals surface area contributed by atoms with Gasteiger partial charge in [0.1, 0.15) is 11.2 Å². The van der Waals surface area contributed by atoms with Gasteiger partial charge in [0.05, 0.1) is 15.1 Å². The highest BCUT2D eigenvalue weighted by atomic mass is 16.3. The van der Waals surface area contributed by atoms with Gasteiger partial charge in [-0.05, 0) is 106 Å². The summed E-state index contributed by atoms with van der Waals surface area (Å²) < 4.78 is 104. The van der Waals surface area contributed by atoms with E-state index >= 15 is 0 Å². The highest BCUT2D eigenvalue weighted by Crippen LogP contribution is 2.44. The summed E-state index contributed by atoms with van der Waals surface area (Å²) >= 11 is 0. The topological polar surface area (TPSA) is 13.1 Å². The van der Waals surface area contributed by atoms with Gasteiger partial charge in [-0.2, -0.15) is 0 Å². The lowest BCUT2D eigenvalue weighted by Crippen LogP contribution is -1.88. The van der Waals surface area contributed by atoms with E-state index in [9.17, 15) is 4.11 Å². The summed E-state index contributed by atoms with van der Waals surface area (Å²) in [5.41, 5.74) is 4.04. The van der Waals surface area contributed by atoms with E-state index in [1.807, 2.05) is 54.6 Å². The summed E-state index contributed by atoms with van der Waals surface area (Å²) in [7, 11) is 0. The molecular formula is C44H26O. The molecule has 0 N–H and O–H groups in total. The number of hydrogen-bond acceptors (Lipinski definition) is 1. The lowest BCUT2D eigenvalue weighted by molar-refractivity contribution is 0.670. The summed E-state index contributed by atoms with van der Waals surface area (Å²) in [4.78, 5) is 0. The minimum absolute atomic E-state index is 0.0155. The summed E-state index contributed by atoms with van der Waals surface area (Å²) in [6.45, 7) is 0. The molecule has 0 atom stereocenters. The Morgan fingerprint density at radius 3 is 1.80 bits per heavy atom. The maximum atomic E-state index is 9.46. The van der Waals surface area contributed by atoms with Crippen molar-refractivity contribution < 1.29 is 19.5 Å². The molecule has 1 heteroatoms. The second-order valence-electron chi connectivity index (χ2n) is 11.2. The van der Waals surface area contributed by atoms with E-state index in [0.29, 0.717) is 22.1 Å². The fraction of sp³-hybridized carbons (Fsp3) is 0. The van der Waals surface area contributed by atoms with Crippen molar-refractivity contribution in [3.8, 4) is 22.3 Å². The molecule has 10 rings (SSSR count). The number of furan rings is 1. The molecule has 1 aromatic heterocycles. The highest BCUT2D eigenvalue weighted by Gasteiger charge is 2.17. The summed E-state index contributed by atoms with van der Waals surface area (Å²) in [6.07, 6.45) is 0. The predicted octanol–water partition coefficient (Wildman–Crippen LogP) is 12.7. The molecule has 208 valence electrons. The summed E-state index contributed by atoms with van der Waals surface area (Å²) in [6, 6.07) is 24.1. The van der Waals surface area contributed by atoms with Crippen molar-refractivity contribution in [1.82, 2.24) is 0 Å². The van der Waals surface area contributed by atoms with Crippen molar-refractivity contribution in [3.63, 3.8) is 0 Å². The number of benzene rings is 9. The molecule has 10 aromatic rings. The third-order valence-corrected chi connectivity index (χ3v) is 8.76. The van der Waals surface area contributed by atoms with Gasteiger partial charge in [-0.1, -0.05) is 127 Å². The predicted molar refractivity (Wildman–Crippen MR) is 192 cm³/mol. The molecule has 0 saturated heterocycles. The van der Waals surface area contributed by atoms with E-state index in [1.54, 1.807) is 12.1 Å². The Balaban J connectivity index is 1.41. The minimum atomic E-state index is -0.585. The van der Waals surface area contributed by atoms with Gasteiger partial charge in [0, 0.05) is 10.8 Å². The number of rotatable bonds is 2. The van der Waals surface area contributed by atoms with Gasteiger partial charge in [-0.3, -0.25) is 0 Å². The Labute approximate surface area is 275 Å². The summed E-state index contributed by atoms with van der Waals surface area (Å²) in [5.74, 6) is 0. The zero-order chi connectivity index (χ0) is 39.1. The Kier molecular flexibility index (Phi) is 3.35. The fourth-order valence-electron chi connectivity index (χ4n) is 6.74. The van der Waals surface area contributed by atoms with Crippen LogP contribution >= 0.6 is 0 Å². The Hall–Kier alpha value is -5.92. The van der Waals surface area contributed by atoms with Gasteiger partial charge < -0.3 is 4.42 Å². The second kappa shape index (κ2) is 9.29. The van der Waals surface area contributed by atoms with Crippen molar-refractivity contribution in [3.05, 3.63) is 157 Å². The van der Waals surface area contributed by atoms with Crippen molar-refractivity contribution in [2.24, 2.45) is 0 Å². The maximum absolute atomic E-state index is 9.46. The average molecular weight is 582 g/mol. The third kappa shape index (κ3) is 3.62. The normalized spacial score (nSPS) is 15.4. The van der Waals surface area contributed by atoms with Crippen LogP contribution in [0.5, 0.6) is 0 Å². The van der Waals surface area contributed by atoms with Crippen LogP contribution in [0.15, 0.2) is 162 Å². The van der Waals surface area contributed by atoms with Gasteiger partial charge in [0.15, 0.2) is 0 Å². The summed E-state index contributed by atoms with van der Waals surface area (Å²) in [5, 5.41) is 4.35. The number of fused-ring (bicyclic) bond motifs is 9. The molecule has 0 aliphatic heterocycles. The van der Waals surface area contributed by atoms with Crippen LogP contribution in [0.3, 0.4) is 0 Å². The molecule has 0 spiro atoms. The number of hydrogen-bond donors (Lipinski definition) is 0. The van der Waals surface area contributed by atoms with Crippen molar-refractivity contribution >= 4 is 75.8 Å². The van der Waals surface area contributed by atoms with Gasteiger partial charge in [-0.25, -0.2) is 0 Å². The first-order valence-corrected chi connectivity index (χ1v) is 14.6. The molecule has 0 radical (unpaired) electrons. The molecule has 0 amide bonds. The van der Waals surface area contributed by atoms with Crippen molar-refractivity contribution in [2.45, 2.75) is 0 Å². The van der Waals surface area contributed by atoms with E-state index in [4.69, 9.17) is 15.4 Å². The van der Waals surface area contributed by atoms with Crippen molar-refractivity contribution in [2.75, 3.05) is 0 Å². The first-order valence-electron chi connectivity index (χ1n) is 20.1. The monoisotopic (exact) mass is 581 g/mol. The van der Waals surface area contributed by atoms with Gasteiger partial charge in [-0.15, -0.1) is 0 Å². The van der Waals surface area contributed by atoms with Crippen LogP contribution in [-0.4, -0.2) is 0 Å². The standard InChI is InChI=1S/C44H26O/c1-2-10-27(11-3-1)32-18-8-14-30-23-42-40(25-37(30)32)41-26-38-31(24-43(41)45-42)15-9-19-35(38)44-34-17-7-5-13-29(34)22-39-33-16-6-4-12-28(33)20-21-36(39)44/h1-26H/i4D,5D,6D,7D,12D,13D,16D,17D,20D,21D,22D. The highest BCUT2D eigenvalue weighted by molar-refractivity contribution is 6.24. The van der Waals surface area contributed by atoms with Crippen LogP contribution in [0.2, 0.25) is 0 Å². The first kappa shape index (κ1) is 16.2. The molecule has 0 unspecified atom stereocenters. The van der Waals surface area contributed by atoms with Crippen LogP contribution in [0.1, 0.15) is 15.1 Å². The minimum Gasteiger partial charge on any atom is -0.456 e. The Morgan fingerprint density at radius 1 is 0.400 bits per heavy atom. The zero-order valence-corrected chi connectivity index (χ0v) is 23.6. The van der Waals surface area contributed by atoms with E-state index in [1.165, 1.54) is 0 Å². The van der Waals surface area contributed by atoms with E-state index in [0.717, 1.165) is 38.1 Å². The van der Waals surface area contributed by atoms with E-state index in [-0.39, 0.29) is 37.9 Å². The van der Waals surface area contributed by atoms with Crippen LogP contribution < -0.4 is 0 Å². The first-order chi connectivity index (χ1) is 26.9. The van der Waals surface area contributed by atoms with Crippen LogP contribution in [0.25, 0.3) is 98.1 Å². The molecule has 0 fully saturated rings. The third-order valence-electron chi connectivity index (χ3n) is 8.76. The zero-order valence-electron chi connectivity index (χ0n) is 34.6. The Morgan fingerprint density at radius 2 is 1.04 bits per heavy atom. The molecule has 0 aliphatic carbocycles. The molecule has 1 nitrogen and oxygen atoms in total. The molecular weight excluding hydrogens is 544 g/mol. The second-order valence-corrected chi connectivity index (χ2v) is 11.2. The van der Waals surface area contributed by atoms with E-state index in [2.05, 4.69) is 24.3 Å². The molecule has 0 bridgehead atoms. The van der Waals surface area contributed by atoms with Crippen LogP contribution in [-0.2, 0) is 0 Å². The van der Waals surface area contributed by atoms with Gasteiger partial charge in [0.2, 0.25) is 0 Å². The van der Waals surface area contributed by atoms with E-state index < -0.39 is 66.5 Å². The largest absolute Gasteiger partial charge is 0.456 e. The SMILES string of the molecule is [2H]c1c([2H])c([2H])c2c([2H])c3c(c([2H])c([2H])c4c([2H])c([2H])c([2H])c([2H])c43)c(-c3cccc4cc5oc6cc7cccc(-c8ccccc8)c7cc6c5cc34)c2c1[2H]. The van der Waals surface area contributed by atoms with Crippen molar-refractivity contribution in [1.29, 1.82) is 0 Å². The lowest BCUT2D eigenvalue weighted by atomic mass is 9.87. The molecule has 0 saturated carbocycles. The van der Waals surface area contributed by atoms with Crippen LogP contribution in [0.4, 0.5) is 0 Å². The van der Waals surface area contributed by atoms with Gasteiger partial charge >= 0.3 is 0 Å². The maximum Gasteiger partial charge on any atom is 0.136 e. The Bertz CT molecular complexity index is 3430. The quantitative estimate of drug-likeness (QED) is 0.146. The fourth-order valence-corrected chi connectivity index (χ4v) is 6.74. The molecule has 45 heavy (non-hydrogen) atoms. The molecule has 0 aliphatic rings. The smallest absolute Gasteiger partial charge is 0.136 e. The molecule has 9 aromatic carbocycles. The van der Waals surface area contributed by atoms with Gasteiger partial charge in [0.25, 0.3) is 0 Å². The average Bonchev–Trinajstić information content (AvgIpc) is 3.55.